The van der Waals surface area contributed by atoms with E-state index in [1.54, 1.807) is 12.4 Å². The Morgan fingerprint density at radius 3 is 2.67 bits per heavy atom. The average molecular weight is 373 g/mol. The van der Waals surface area contributed by atoms with Gasteiger partial charge in [0.25, 0.3) is 5.91 Å². The number of hydrogen-bond acceptors (Lipinski definition) is 5. The Hall–Kier alpha value is -3.29. The molecule has 8 heteroatoms. The van der Waals surface area contributed by atoms with Gasteiger partial charge >= 0.3 is 0 Å². The van der Waals surface area contributed by atoms with Crippen LogP contribution in [-0.2, 0) is 6.61 Å². The van der Waals surface area contributed by atoms with E-state index in [1.807, 2.05) is 19.1 Å². The first-order valence-electron chi connectivity index (χ1n) is 8.31. The number of nitrogens with zero attached hydrogens (tertiary/aromatic N) is 2. The maximum absolute atomic E-state index is 13.2. The molecule has 1 aromatic carbocycles. The number of halogens is 2. The van der Waals surface area contributed by atoms with E-state index in [2.05, 4.69) is 15.5 Å². The third-order valence-electron chi connectivity index (χ3n) is 3.89. The summed E-state index contributed by atoms with van der Waals surface area (Å²) < 4.78 is 36.4. The van der Waals surface area contributed by atoms with Crippen LogP contribution in [0.5, 0.6) is 5.75 Å². The number of benzene rings is 1. The van der Waals surface area contributed by atoms with Gasteiger partial charge in [-0.15, -0.1) is 0 Å². The van der Waals surface area contributed by atoms with Crippen LogP contribution in [0.3, 0.4) is 0 Å². The van der Waals surface area contributed by atoms with E-state index in [4.69, 9.17) is 9.26 Å². The number of amides is 1. The Labute approximate surface area is 154 Å². The quantitative estimate of drug-likeness (QED) is 0.681. The summed E-state index contributed by atoms with van der Waals surface area (Å²) in [4.78, 5) is 16.3. The van der Waals surface area contributed by atoms with Crippen LogP contribution in [0.15, 0.2) is 53.3 Å². The minimum atomic E-state index is -1.01. The van der Waals surface area contributed by atoms with Crippen LogP contribution >= 0.6 is 0 Å². The summed E-state index contributed by atoms with van der Waals surface area (Å²) in [5, 5.41) is 6.61. The fraction of sp³-hybridized carbons (Fsp3) is 0.211. The van der Waals surface area contributed by atoms with Gasteiger partial charge in [-0.05, 0) is 36.2 Å². The molecule has 3 rings (SSSR count). The van der Waals surface area contributed by atoms with Gasteiger partial charge < -0.3 is 14.6 Å². The van der Waals surface area contributed by atoms with E-state index >= 15 is 0 Å². The van der Waals surface area contributed by atoms with E-state index < -0.39 is 11.6 Å². The highest BCUT2D eigenvalue weighted by atomic mass is 19.2. The summed E-state index contributed by atoms with van der Waals surface area (Å²) in [6.07, 6.45) is 4.02. The molecule has 1 unspecified atom stereocenters. The molecule has 1 amide bonds. The van der Waals surface area contributed by atoms with Crippen molar-refractivity contribution in [2.24, 2.45) is 0 Å². The smallest absolute Gasteiger partial charge is 0.273 e. The zero-order valence-electron chi connectivity index (χ0n) is 14.5. The van der Waals surface area contributed by atoms with Gasteiger partial charge in [-0.3, -0.25) is 9.78 Å². The lowest BCUT2D eigenvalue weighted by atomic mass is 10.1. The topological polar surface area (TPSA) is 77.2 Å². The lowest BCUT2D eigenvalue weighted by Gasteiger charge is -2.16. The number of ether oxygens (including phenoxy) is 1. The second kappa shape index (κ2) is 8.39. The molecule has 0 aliphatic rings. The normalized spacial score (nSPS) is 11.8. The molecule has 0 radical (unpaired) electrons. The van der Waals surface area contributed by atoms with Crippen LogP contribution in [0.25, 0.3) is 0 Å². The monoisotopic (exact) mass is 373 g/mol. The highest BCUT2D eigenvalue weighted by molar-refractivity contribution is 5.92. The molecule has 0 spiro atoms. The summed E-state index contributed by atoms with van der Waals surface area (Å²) in [5.74, 6) is -1.93. The molecule has 1 atom stereocenters. The van der Waals surface area contributed by atoms with Crippen molar-refractivity contribution in [1.82, 2.24) is 15.5 Å². The number of carbonyl (C=O) groups excluding carboxylic acids is 1. The Morgan fingerprint density at radius 1 is 1.19 bits per heavy atom. The maximum atomic E-state index is 13.2. The van der Waals surface area contributed by atoms with Crippen molar-refractivity contribution in [2.75, 3.05) is 0 Å². The molecule has 0 aliphatic heterocycles. The third-order valence-corrected chi connectivity index (χ3v) is 3.89. The number of rotatable bonds is 7. The lowest BCUT2D eigenvalue weighted by molar-refractivity contribution is 0.0926. The van der Waals surface area contributed by atoms with Gasteiger partial charge in [0.2, 0.25) is 0 Å². The molecule has 0 fully saturated rings. The van der Waals surface area contributed by atoms with Crippen molar-refractivity contribution in [1.29, 1.82) is 0 Å². The number of nitrogens with one attached hydrogen (secondary N) is 1. The van der Waals surface area contributed by atoms with Crippen molar-refractivity contribution in [3.8, 4) is 5.75 Å². The van der Waals surface area contributed by atoms with Crippen molar-refractivity contribution in [3.05, 3.63) is 77.4 Å². The highest BCUT2D eigenvalue weighted by Crippen LogP contribution is 2.18. The van der Waals surface area contributed by atoms with Crippen LogP contribution in [0, 0.1) is 11.6 Å². The lowest BCUT2D eigenvalue weighted by Crippen LogP contribution is -2.28. The predicted octanol–water partition coefficient (Wildman–Crippen LogP) is 3.81. The first-order valence-corrected chi connectivity index (χ1v) is 8.31. The molecule has 0 saturated carbocycles. The van der Waals surface area contributed by atoms with Gasteiger partial charge in [0, 0.05) is 24.5 Å². The third kappa shape index (κ3) is 4.66. The molecule has 2 aromatic heterocycles. The summed E-state index contributed by atoms with van der Waals surface area (Å²) >= 11 is 0. The molecule has 27 heavy (non-hydrogen) atoms. The first kappa shape index (κ1) is 18.5. The van der Waals surface area contributed by atoms with Gasteiger partial charge in [-0.25, -0.2) is 8.78 Å². The molecule has 140 valence electrons. The second-order valence-electron chi connectivity index (χ2n) is 5.76. The van der Waals surface area contributed by atoms with Crippen LogP contribution < -0.4 is 10.1 Å². The van der Waals surface area contributed by atoms with Gasteiger partial charge in [-0.1, -0.05) is 12.1 Å². The van der Waals surface area contributed by atoms with Crippen molar-refractivity contribution in [3.63, 3.8) is 0 Å². The molecule has 0 aliphatic carbocycles. The zero-order chi connectivity index (χ0) is 19.2. The average Bonchev–Trinajstić information content (AvgIpc) is 3.17. The SMILES string of the molecule is CCC(NC(=O)c1cc(COc2ccc(F)c(F)c2)on1)c1ccncc1. The maximum Gasteiger partial charge on any atom is 0.273 e. The van der Waals surface area contributed by atoms with E-state index in [0.29, 0.717) is 6.42 Å². The highest BCUT2D eigenvalue weighted by Gasteiger charge is 2.18. The Balaban J connectivity index is 1.60. The summed E-state index contributed by atoms with van der Waals surface area (Å²) in [7, 11) is 0. The molecule has 0 saturated heterocycles. The largest absolute Gasteiger partial charge is 0.485 e. The Kier molecular flexibility index (Phi) is 5.75. The second-order valence-corrected chi connectivity index (χ2v) is 5.76. The van der Waals surface area contributed by atoms with E-state index in [-0.39, 0.29) is 35.8 Å². The van der Waals surface area contributed by atoms with E-state index in [1.165, 1.54) is 12.1 Å². The number of aromatic nitrogens is 2. The number of hydrogen-bond donors (Lipinski definition) is 1. The molecule has 1 N–H and O–H groups in total. The molecular formula is C19H17F2N3O3. The van der Waals surface area contributed by atoms with E-state index in [0.717, 1.165) is 17.7 Å². The summed E-state index contributed by atoms with van der Waals surface area (Å²) in [6, 6.07) is 8.11. The first-order chi connectivity index (χ1) is 13.1. The van der Waals surface area contributed by atoms with Gasteiger partial charge in [0.15, 0.2) is 23.1 Å². The zero-order valence-corrected chi connectivity index (χ0v) is 14.5. The minimum absolute atomic E-state index is 0.0765. The molecular weight excluding hydrogens is 356 g/mol. The van der Waals surface area contributed by atoms with Crippen molar-refractivity contribution in [2.45, 2.75) is 26.0 Å². The van der Waals surface area contributed by atoms with Gasteiger partial charge in [0.1, 0.15) is 12.4 Å². The van der Waals surface area contributed by atoms with Crippen LogP contribution in [0.2, 0.25) is 0 Å². The molecule has 2 heterocycles. The van der Waals surface area contributed by atoms with Gasteiger partial charge in [0.05, 0.1) is 6.04 Å². The number of carbonyl (C=O) groups is 1. The summed E-state index contributed by atoms with van der Waals surface area (Å²) in [5.41, 5.74) is 1.04. The van der Waals surface area contributed by atoms with Crippen LogP contribution in [-0.4, -0.2) is 16.0 Å². The summed E-state index contributed by atoms with van der Waals surface area (Å²) in [6.45, 7) is 1.88. The molecule has 3 aromatic rings. The van der Waals surface area contributed by atoms with Gasteiger partial charge in [-0.2, -0.15) is 0 Å². The van der Waals surface area contributed by atoms with Crippen molar-refractivity contribution >= 4 is 5.91 Å². The predicted molar refractivity (Wildman–Crippen MR) is 91.9 cm³/mol. The molecule has 0 bridgehead atoms. The minimum Gasteiger partial charge on any atom is -0.485 e. The number of pyridine rings is 1. The fourth-order valence-electron chi connectivity index (χ4n) is 2.46. The Bertz CT molecular complexity index is 916. The van der Waals surface area contributed by atoms with E-state index in [9.17, 15) is 13.6 Å². The fourth-order valence-corrected chi connectivity index (χ4v) is 2.46. The van der Waals surface area contributed by atoms with Crippen molar-refractivity contribution < 1.29 is 22.8 Å². The Morgan fingerprint density at radius 2 is 1.96 bits per heavy atom. The standard InChI is InChI=1S/C19H17F2N3O3/c1-2-17(12-5-7-22-8-6-12)23-19(25)18-10-14(27-24-18)11-26-13-3-4-15(20)16(21)9-13/h3-10,17H,2,11H2,1H3,(H,23,25). The van der Waals surface area contributed by atoms with Crippen LogP contribution in [0.1, 0.15) is 41.2 Å². The van der Waals surface area contributed by atoms with Crippen LogP contribution in [0.4, 0.5) is 8.78 Å². The molecule has 6 nitrogen and oxygen atoms in total.